The lowest BCUT2D eigenvalue weighted by molar-refractivity contribution is 0.196. The Kier molecular flexibility index (Phi) is 4.26. The van der Waals surface area contributed by atoms with E-state index in [9.17, 15) is 4.39 Å². The predicted molar refractivity (Wildman–Crippen MR) is 77.1 cm³/mol. The molecule has 1 aliphatic carbocycles. The van der Waals surface area contributed by atoms with Gasteiger partial charge in [-0.2, -0.15) is 0 Å². The van der Waals surface area contributed by atoms with Gasteiger partial charge < -0.3 is 0 Å². The number of hydrazine groups is 1. The van der Waals surface area contributed by atoms with Gasteiger partial charge in [0.05, 0.1) is 0 Å². The minimum Gasteiger partial charge on any atom is -0.271 e. The Bertz CT molecular complexity index is 442. The predicted octanol–water partition coefficient (Wildman–Crippen LogP) is 3.33. The van der Waals surface area contributed by atoms with Crippen LogP contribution in [0.4, 0.5) is 4.39 Å². The van der Waals surface area contributed by atoms with E-state index in [1.165, 1.54) is 30.9 Å². The fraction of sp³-hybridized carbons (Fsp3) is 0.625. The van der Waals surface area contributed by atoms with E-state index in [0.717, 1.165) is 12.0 Å². The normalized spacial score (nSPS) is 23.5. The largest absolute Gasteiger partial charge is 0.271 e. The number of benzene rings is 1. The van der Waals surface area contributed by atoms with E-state index < -0.39 is 0 Å². The number of aryl methyl sites for hydroxylation is 1. The smallest absolute Gasteiger partial charge is 0.123 e. The molecule has 1 aromatic carbocycles. The Morgan fingerprint density at radius 2 is 2.21 bits per heavy atom. The summed E-state index contributed by atoms with van der Waals surface area (Å²) in [6.45, 7) is 6.62. The van der Waals surface area contributed by atoms with Crippen LogP contribution < -0.4 is 11.3 Å². The van der Waals surface area contributed by atoms with Gasteiger partial charge in [-0.25, -0.2) is 4.39 Å². The first kappa shape index (κ1) is 14.5. The monoisotopic (exact) mass is 264 g/mol. The second kappa shape index (κ2) is 5.59. The molecule has 0 radical (unpaired) electrons. The highest BCUT2D eigenvalue weighted by Gasteiger charge is 2.39. The van der Waals surface area contributed by atoms with Gasteiger partial charge in [0.2, 0.25) is 0 Å². The molecule has 0 saturated heterocycles. The quantitative estimate of drug-likeness (QED) is 0.646. The van der Waals surface area contributed by atoms with E-state index in [1.54, 1.807) is 6.07 Å². The highest BCUT2D eigenvalue weighted by atomic mass is 19.1. The van der Waals surface area contributed by atoms with Crippen LogP contribution in [0.1, 0.15) is 44.2 Å². The van der Waals surface area contributed by atoms with Gasteiger partial charge >= 0.3 is 0 Å². The van der Waals surface area contributed by atoms with E-state index >= 15 is 0 Å². The second-order valence-electron chi connectivity index (χ2n) is 6.54. The lowest BCUT2D eigenvalue weighted by Crippen LogP contribution is -2.45. The van der Waals surface area contributed by atoms with Crippen molar-refractivity contribution in [3.63, 3.8) is 0 Å². The maximum absolute atomic E-state index is 13.2. The molecule has 0 bridgehead atoms. The molecule has 1 saturated carbocycles. The van der Waals surface area contributed by atoms with Gasteiger partial charge in [0.15, 0.2) is 0 Å². The molecule has 0 amide bonds. The summed E-state index contributed by atoms with van der Waals surface area (Å²) in [6.07, 6.45) is 4.63. The summed E-state index contributed by atoms with van der Waals surface area (Å²) in [5.41, 5.74) is 5.53. The fourth-order valence-electron chi connectivity index (χ4n) is 3.54. The van der Waals surface area contributed by atoms with E-state index in [-0.39, 0.29) is 11.9 Å². The number of nitrogens with two attached hydrogens (primary N) is 1. The summed E-state index contributed by atoms with van der Waals surface area (Å²) >= 11 is 0. The third kappa shape index (κ3) is 3.15. The highest BCUT2D eigenvalue weighted by Crippen LogP contribution is 2.44. The number of rotatable bonds is 4. The van der Waals surface area contributed by atoms with Gasteiger partial charge in [-0.3, -0.25) is 11.3 Å². The van der Waals surface area contributed by atoms with Crippen LogP contribution in [0.25, 0.3) is 0 Å². The lowest BCUT2D eigenvalue weighted by atomic mass is 9.76. The van der Waals surface area contributed by atoms with Crippen LogP contribution in [-0.2, 0) is 6.42 Å². The minimum absolute atomic E-state index is 0.167. The Labute approximate surface area is 115 Å². The van der Waals surface area contributed by atoms with Gasteiger partial charge in [-0.05, 0) is 60.8 Å². The van der Waals surface area contributed by atoms with Crippen LogP contribution in [0, 0.1) is 24.1 Å². The van der Waals surface area contributed by atoms with Crippen LogP contribution >= 0.6 is 0 Å². The molecule has 0 heterocycles. The van der Waals surface area contributed by atoms with Crippen LogP contribution in [0.2, 0.25) is 0 Å². The molecule has 106 valence electrons. The summed E-state index contributed by atoms with van der Waals surface area (Å²) in [5.74, 6) is 6.20. The van der Waals surface area contributed by atoms with Crippen molar-refractivity contribution in [2.45, 2.75) is 52.5 Å². The molecule has 19 heavy (non-hydrogen) atoms. The van der Waals surface area contributed by atoms with Crippen molar-refractivity contribution in [2.75, 3.05) is 0 Å². The number of nitrogens with one attached hydrogen (secondary N) is 1. The fourth-order valence-corrected chi connectivity index (χ4v) is 3.54. The van der Waals surface area contributed by atoms with Gasteiger partial charge in [-0.1, -0.05) is 26.3 Å². The summed E-state index contributed by atoms with van der Waals surface area (Å²) in [7, 11) is 0. The van der Waals surface area contributed by atoms with Gasteiger partial charge in [0, 0.05) is 6.04 Å². The van der Waals surface area contributed by atoms with Crippen molar-refractivity contribution in [1.82, 2.24) is 5.43 Å². The number of halogens is 1. The van der Waals surface area contributed by atoms with E-state index in [4.69, 9.17) is 5.84 Å². The Morgan fingerprint density at radius 3 is 2.74 bits per heavy atom. The third-order valence-electron chi connectivity index (χ3n) is 4.78. The first-order chi connectivity index (χ1) is 8.94. The third-order valence-corrected chi connectivity index (χ3v) is 4.78. The molecule has 1 fully saturated rings. The molecule has 3 N–H and O–H groups in total. The molecule has 2 nitrogen and oxygen atoms in total. The van der Waals surface area contributed by atoms with Crippen molar-refractivity contribution in [2.24, 2.45) is 17.2 Å². The maximum atomic E-state index is 13.2. The van der Waals surface area contributed by atoms with Crippen LogP contribution in [0.3, 0.4) is 0 Å². The first-order valence-corrected chi connectivity index (χ1v) is 7.15. The van der Waals surface area contributed by atoms with Crippen molar-refractivity contribution >= 4 is 0 Å². The van der Waals surface area contributed by atoms with Gasteiger partial charge in [-0.15, -0.1) is 0 Å². The summed E-state index contributed by atoms with van der Waals surface area (Å²) in [5, 5.41) is 0. The average molecular weight is 264 g/mol. The number of hydrogen-bond acceptors (Lipinski definition) is 2. The second-order valence-corrected chi connectivity index (χ2v) is 6.54. The molecule has 0 spiro atoms. The molecule has 0 aromatic heterocycles. The van der Waals surface area contributed by atoms with Crippen LogP contribution in [-0.4, -0.2) is 6.04 Å². The maximum Gasteiger partial charge on any atom is 0.123 e. The van der Waals surface area contributed by atoms with E-state index in [0.29, 0.717) is 11.3 Å². The van der Waals surface area contributed by atoms with Crippen molar-refractivity contribution in [1.29, 1.82) is 0 Å². The summed E-state index contributed by atoms with van der Waals surface area (Å²) < 4.78 is 13.2. The van der Waals surface area contributed by atoms with Crippen molar-refractivity contribution < 1.29 is 4.39 Å². The highest BCUT2D eigenvalue weighted by molar-refractivity contribution is 5.27. The topological polar surface area (TPSA) is 38.0 Å². The summed E-state index contributed by atoms with van der Waals surface area (Å²) in [4.78, 5) is 0. The molecular formula is C16H25FN2. The zero-order valence-corrected chi connectivity index (χ0v) is 12.2. The van der Waals surface area contributed by atoms with Gasteiger partial charge in [0.25, 0.3) is 0 Å². The molecule has 2 atom stereocenters. The van der Waals surface area contributed by atoms with Crippen LogP contribution in [0.5, 0.6) is 0 Å². The molecular weight excluding hydrogens is 239 g/mol. The zero-order chi connectivity index (χ0) is 14.0. The average Bonchev–Trinajstić information content (AvgIpc) is 2.68. The molecule has 0 aliphatic heterocycles. The Balaban J connectivity index is 2.15. The van der Waals surface area contributed by atoms with E-state index in [2.05, 4.69) is 19.3 Å². The molecule has 1 aliphatic rings. The number of hydrogen-bond donors (Lipinski definition) is 2. The Morgan fingerprint density at radius 1 is 1.47 bits per heavy atom. The molecule has 1 aromatic rings. The van der Waals surface area contributed by atoms with Crippen LogP contribution in [0.15, 0.2) is 18.2 Å². The Hall–Kier alpha value is -0.930. The van der Waals surface area contributed by atoms with Crippen molar-refractivity contribution in [3.8, 4) is 0 Å². The molecule has 2 rings (SSSR count). The molecule has 2 unspecified atom stereocenters. The SMILES string of the molecule is Cc1cc(F)ccc1CC(NN)C1CCCC1(C)C. The first-order valence-electron chi connectivity index (χ1n) is 7.15. The van der Waals surface area contributed by atoms with Crippen molar-refractivity contribution in [3.05, 3.63) is 35.1 Å². The van der Waals surface area contributed by atoms with E-state index in [1.807, 2.05) is 13.0 Å². The zero-order valence-electron chi connectivity index (χ0n) is 12.2. The van der Waals surface area contributed by atoms with Gasteiger partial charge in [0.1, 0.15) is 5.82 Å². The minimum atomic E-state index is -0.167. The summed E-state index contributed by atoms with van der Waals surface area (Å²) in [6, 6.07) is 5.29. The standard InChI is InChI=1S/C16H25FN2/c1-11-9-13(17)7-6-12(11)10-15(19-18)14-5-4-8-16(14,2)3/h6-7,9,14-15,19H,4-5,8,10,18H2,1-3H3. The molecule has 3 heteroatoms. The lowest BCUT2D eigenvalue weighted by Gasteiger charge is -2.34.